The van der Waals surface area contributed by atoms with Gasteiger partial charge in [0.15, 0.2) is 11.6 Å². The first kappa shape index (κ1) is 17.6. The lowest BCUT2D eigenvalue weighted by Crippen LogP contribution is -2.27. The van der Waals surface area contributed by atoms with E-state index in [2.05, 4.69) is 15.4 Å². The Labute approximate surface area is 126 Å². The fourth-order valence-corrected chi connectivity index (χ4v) is 2.14. The van der Waals surface area contributed by atoms with Crippen molar-refractivity contribution in [3.63, 3.8) is 0 Å². The van der Waals surface area contributed by atoms with E-state index in [-0.39, 0.29) is 30.0 Å². The average Bonchev–Trinajstić information content (AvgIpc) is 2.85. The maximum absolute atomic E-state index is 13.4. The lowest BCUT2D eigenvalue weighted by atomic mass is 10.1. The number of alkyl halides is 2. The third kappa shape index (κ3) is 5.43. The van der Waals surface area contributed by atoms with Gasteiger partial charge in [-0.05, 0) is 31.5 Å². The highest BCUT2D eigenvalue weighted by Gasteiger charge is 2.18. The zero-order chi connectivity index (χ0) is 14.5. The number of anilines is 1. The topological polar surface area (TPSA) is 50.4 Å². The van der Waals surface area contributed by atoms with Crippen LogP contribution in [-0.2, 0) is 4.79 Å². The van der Waals surface area contributed by atoms with Crippen LogP contribution in [0.3, 0.4) is 0 Å². The lowest BCUT2D eigenvalue weighted by molar-refractivity contribution is -0.116. The van der Waals surface area contributed by atoms with Crippen LogP contribution in [0.4, 0.5) is 18.9 Å². The molecule has 4 nitrogen and oxygen atoms in total. The van der Waals surface area contributed by atoms with Crippen molar-refractivity contribution in [1.82, 2.24) is 5.32 Å². The zero-order valence-electron chi connectivity index (χ0n) is 11.1. The SMILES string of the molecule is Cl.O=C(CC1CCCN1)Nc1ccc(OC(F)F)c(F)c1. The molecule has 0 radical (unpaired) electrons. The number of carbonyl (C=O) groups is 1. The second-order valence-electron chi connectivity index (χ2n) is 4.57. The second-order valence-corrected chi connectivity index (χ2v) is 4.57. The summed E-state index contributed by atoms with van der Waals surface area (Å²) < 4.78 is 41.4. The maximum Gasteiger partial charge on any atom is 0.387 e. The first-order chi connectivity index (χ1) is 9.54. The molecule has 21 heavy (non-hydrogen) atoms. The molecule has 2 N–H and O–H groups in total. The number of benzene rings is 1. The molecule has 0 aromatic heterocycles. The standard InChI is InChI=1S/C13H15F3N2O2.ClH/c14-10-6-9(3-4-11(10)20-13(15)16)18-12(19)7-8-2-1-5-17-8;/h3-4,6,8,13,17H,1-2,5,7H2,(H,18,19);1H. The molecule has 1 fully saturated rings. The first-order valence-corrected chi connectivity index (χ1v) is 6.32. The fourth-order valence-electron chi connectivity index (χ4n) is 2.14. The highest BCUT2D eigenvalue weighted by atomic mass is 35.5. The average molecular weight is 325 g/mol. The van der Waals surface area contributed by atoms with Gasteiger partial charge in [0, 0.05) is 24.2 Å². The van der Waals surface area contributed by atoms with Crippen LogP contribution < -0.4 is 15.4 Å². The lowest BCUT2D eigenvalue weighted by Gasteiger charge is -2.11. The van der Waals surface area contributed by atoms with Crippen molar-refractivity contribution in [2.45, 2.75) is 31.9 Å². The Morgan fingerprint density at radius 1 is 1.48 bits per heavy atom. The smallest absolute Gasteiger partial charge is 0.387 e. The monoisotopic (exact) mass is 324 g/mol. The van der Waals surface area contributed by atoms with Gasteiger partial charge >= 0.3 is 6.61 Å². The Morgan fingerprint density at radius 3 is 2.81 bits per heavy atom. The van der Waals surface area contributed by atoms with Gasteiger partial charge in [-0.2, -0.15) is 8.78 Å². The highest BCUT2D eigenvalue weighted by molar-refractivity contribution is 5.91. The van der Waals surface area contributed by atoms with Crippen LogP contribution in [-0.4, -0.2) is 25.1 Å². The van der Waals surface area contributed by atoms with Crippen molar-refractivity contribution in [2.24, 2.45) is 0 Å². The maximum atomic E-state index is 13.4. The molecule has 1 aromatic rings. The summed E-state index contributed by atoms with van der Waals surface area (Å²) in [6, 6.07) is 3.48. The minimum atomic E-state index is -3.08. The van der Waals surface area contributed by atoms with Crippen LogP contribution >= 0.6 is 12.4 Å². The Kier molecular flexibility index (Phi) is 6.77. The van der Waals surface area contributed by atoms with Crippen molar-refractivity contribution < 1.29 is 22.7 Å². The number of hydrogen-bond acceptors (Lipinski definition) is 3. The van der Waals surface area contributed by atoms with Crippen LogP contribution in [0.25, 0.3) is 0 Å². The molecule has 0 spiro atoms. The summed E-state index contributed by atoms with van der Waals surface area (Å²) in [6.07, 6.45) is 2.27. The van der Waals surface area contributed by atoms with Crippen molar-refractivity contribution in [3.05, 3.63) is 24.0 Å². The number of nitrogens with one attached hydrogen (secondary N) is 2. The number of ether oxygens (including phenoxy) is 1. The van der Waals surface area contributed by atoms with Gasteiger partial charge in [0.05, 0.1) is 0 Å². The third-order valence-electron chi connectivity index (χ3n) is 3.03. The number of halogens is 4. The van der Waals surface area contributed by atoms with Gasteiger partial charge < -0.3 is 15.4 Å². The van der Waals surface area contributed by atoms with Gasteiger partial charge in [0.25, 0.3) is 0 Å². The minimum Gasteiger partial charge on any atom is -0.432 e. The molecule has 1 aliphatic heterocycles. The predicted molar refractivity (Wildman–Crippen MR) is 74.6 cm³/mol. The van der Waals surface area contributed by atoms with Crippen LogP contribution in [0.1, 0.15) is 19.3 Å². The number of amides is 1. The molecule has 118 valence electrons. The summed E-state index contributed by atoms with van der Waals surface area (Å²) in [4.78, 5) is 11.7. The van der Waals surface area contributed by atoms with E-state index in [4.69, 9.17) is 0 Å². The van der Waals surface area contributed by atoms with Crippen molar-refractivity contribution in [2.75, 3.05) is 11.9 Å². The van der Waals surface area contributed by atoms with Crippen LogP contribution in [0.5, 0.6) is 5.75 Å². The van der Waals surface area contributed by atoms with Gasteiger partial charge in [-0.15, -0.1) is 12.4 Å². The molecule has 1 aromatic carbocycles. The summed E-state index contributed by atoms with van der Waals surface area (Å²) in [5, 5.41) is 5.71. The molecule has 0 saturated carbocycles. The Balaban J connectivity index is 0.00000220. The second kappa shape index (κ2) is 8.09. The number of carbonyl (C=O) groups excluding carboxylic acids is 1. The predicted octanol–water partition coefficient (Wildman–Crippen LogP) is 2.93. The van der Waals surface area contributed by atoms with E-state index < -0.39 is 18.2 Å². The quantitative estimate of drug-likeness (QED) is 0.875. The fraction of sp³-hybridized carbons (Fsp3) is 0.462. The summed E-state index contributed by atoms with van der Waals surface area (Å²) in [5.41, 5.74) is 0.215. The van der Waals surface area contributed by atoms with Crippen molar-refractivity contribution >= 4 is 24.0 Å². The van der Waals surface area contributed by atoms with Gasteiger partial charge in [-0.1, -0.05) is 0 Å². The van der Waals surface area contributed by atoms with Gasteiger partial charge in [-0.25, -0.2) is 4.39 Å². The Morgan fingerprint density at radius 2 is 2.24 bits per heavy atom. The molecular formula is C13H16ClF3N2O2. The van der Waals surface area contributed by atoms with E-state index in [0.717, 1.165) is 31.5 Å². The van der Waals surface area contributed by atoms with E-state index in [0.29, 0.717) is 6.42 Å². The van der Waals surface area contributed by atoms with E-state index in [1.54, 1.807) is 0 Å². The first-order valence-electron chi connectivity index (χ1n) is 6.32. The van der Waals surface area contributed by atoms with Gasteiger partial charge in [-0.3, -0.25) is 4.79 Å². The minimum absolute atomic E-state index is 0. The van der Waals surface area contributed by atoms with Crippen molar-refractivity contribution in [1.29, 1.82) is 0 Å². The normalized spacial score (nSPS) is 17.4. The largest absolute Gasteiger partial charge is 0.432 e. The number of rotatable bonds is 5. The van der Waals surface area contributed by atoms with E-state index in [1.165, 1.54) is 6.07 Å². The molecule has 2 rings (SSSR count). The Hall–Kier alpha value is -1.47. The van der Waals surface area contributed by atoms with E-state index in [9.17, 15) is 18.0 Å². The molecule has 1 amide bonds. The molecule has 0 bridgehead atoms. The molecule has 1 saturated heterocycles. The van der Waals surface area contributed by atoms with E-state index >= 15 is 0 Å². The number of hydrogen-bond donors (Lipinski definition) is 2. The summed E-state index contributed by atoms with van der Waals surface area (Å²) >= 11 is 0. The zero-order valence-corrected chi connectivity index (χ0v) is 11.9. The van der Waals surface area contributed by atoms with Crippen LogP contribution in [0.2, 0.25) is 0 Å². The molecule has 8 heteroatoms. The highest BCUT2D eigenvalue weighted by Crippen LogP contribution is 2.23. The third-order valence-corrected chi connectivity index (χ3v) is 3.03. The van der Waals surface area contributed by atoms with E-state index in [1.807, 2.05) is 0 Å². The van der Waals surface area contributed by atoms with Crippen molar-refractivity contribution in [3.8, 4) is 5.75 Å². The molecule has 1 aliphatic rings. The van der Waals surface area contributed by atoms with Crippen LogP contribution in [0, 0.1) is 5.82 Å². The summed E-state index contributed by atoms with van der Waals surface area (Å²) in [6.45, 7) is -2.19. The summed E-state index contributed by atoms with van der Waals surface area (Å²) in [7, 11) is 0. The molecular weight excluding hydrogens is 309 g/mol. The Bertz CT molecular complexity index is 482. The molecule has 0 aliphatic carbocycles. The van der Waals surface area contributed by atoms with Gasteiger partial charge in [0.2, 0.25) is 5.91 Å². The molecule has 1 heterocycles. The van der Waals surface area contributed by atoms with Crippen LogP contribution in [0.15, 0.2) is 18.2 Å². The molecule has 1 atom stereocenters. The van der Waals surface area contributed by atoms with Gasteiger partial charge in [0.1, 0.15) is 0 Å². The molecule has 1 unspecified atom stereocenters. The summed E-state index contributed by atoms with van der Waals surface area (Å²) in [5.74, 6) is -1.73.